The van der Waals surface area contributed by atoms with Gasteiger partial charge in [-0.2, -0.15) is 5.10 Å². The molecule has 0 fully saturated rings. The summed E-state index contributed by atoms with van der Waals surface area (Å²) in [7, 11) is 2.08. The zero-order valence-electron chi connectivity index (χ0n) is 11.3. The van der Waals surface area contributed by atoms with Crippen molar-refractivity contribution in [1.29, 1.82) is 0 Å². The summed E-state index contributed by atoms with van der Waals surface area (Å²) in [5.74, 6) is 0. The molecule has 1 aromatic heterocycles. The normalized spacial score (nSPS) is 12.8. The van der Waals surface area contributed by atoms with Gasteiger partial charge in [0, 0.05) is 23.8 Å². The van der Waals surface area contributed by atoms with Gasteiger partial charge < -0.3 is 5.73 Å². The van der Waals surface area contributed by atoms with Gasteiger partial charge in [-0.05, 0) is 25.6 Å². The van der Waals surface area contributed by atoms with E-state index in [4.69, 9.17) is 17.3 Å². The van der Waals surface area contributed by atoms with E-state index in [2.05, 4.69) is 30.0 Å². The van der Waals surface area contributed by atoms with Crippen LogP contribution in [0.4, 0.5) is 5.69 Å². The fraction of sp³-hybridized carbons (Fsp3) is 0.357. The Morgan fingerprint density at radius 3 is 2.79 bits per heavy atom. The highest BCUT2D eigenvalue weighted by atomic mass is 35.5. The quantitative estimate of drug-likeness (QED) is 0.915. The van der Waals surface area contributed by atoms with Crippen LogP contribution in [0.15, 0.2) is 36.7 Å². The van der Waals surface area contributed by atoms with Crippen LogP contribution in [0.1, 0.15) is 18.5 Å². The molecule has 5 heteroatoms. The monoisotopic (exact) mass is 278 g/mol. The number of aromatic nitrogens is 2. The fourth-order valence-electron chi connectivity index (χ4n) is 2.01. The van der Waals surface area contributed by atoms with Crippen LogP contribution in [0.5, 0.6) is 0 Å². The summed E-state index contributed by atoms with van der Waals surface area (Å²) in [4.78, 5) is 2.25. The van der Waals surface area contributed by atoms with Crippen molar-refractivity contribution in [2.75, 3.05) is 19.3 Å². The highest BCUT2D eigenvalue weighted by Crippen LogP contribution is 2.25. The number of hydrogen-bond donors (Lipinski definition) is 1. The molecule has 2 N–H and O–H groups in total. The summed E-state index contributed by atoms with van der Waals surface area (Å²) < 4.78 is 1.85. The van der Waals surface area contributed by atoms with Gasteiger partial charge in [0.25, 0.3) is 0 Å². The molecule has 0 aliphatic carbocycles. The summed E-state index contributed by atoms with van der Waals surface area (Å²) in [6, 6.07) is 8.22. The molecule has 0 amide bonds. The van der Waals surface area contributed by atoms with Crippen molar-refractivity contribution in [3.8, 4) is 0 Å². The van der Waals surface area contributed by atoms with E-state index in [1.54, 1.807) is 6.20 Å². The predicted molar refractivity (Wildman–Crippen MR) is 79.1 cm³/mol. The fourth-order valence-corrected chi connectivity index (χ4v) is 2.30. The zero-order chi connectivity index (χ0) is 13.8. The average Bonchev–Trinajstić information content (AvgIpc) is 2.81. The molecular formula is C14H19ClN4. The Balaban J connectivity index is 1.96. The topological polar surface area (TPSA) is 47.1 Å². The number of nitrogens with zero attached hydrogens (tertiary/aromatic N) is 3. The Hall–Kier alpha value is -1.52. The van der Waals surface area contributed by atoms with Crippen LogP contribution in [0.3, 0.4) is 0 Å². The second-order valence-corrected chi connectivity index (χ2v) is 5.12. The molecule has 0 aliphatic rings. The Kier molecular flexibility index (Phi) is 4.45. The highest BCUT2D eigenvalue weighted by molar-refractivity contribution is 6.31. The lowest BCUT2D eigenvalue weighted by Crippen LogP contribution is -2.26. The predicted octanol–water partition coefficient (Wildman–Crippen LogP) is 2.81. The van der Waals surface area contributed by atoms with Gasteiger partial charge in [0.2, 0.25) is 0 Å². The van der Waals surface area contributed by atoms with E-state index in [9.17, 15) is 0 Å². The molecule has 0 radical (unpaired) electrons. The standard InChI is InChI=1S/C14H19ClN4/c1-11(13-5-3-4-6-14(13)15)18(2)7-8-19-10-12(16)9-17-19/h3-6,9-11H,7-8,16H2,1-2H3. The smallest absolute Gasteiger partial charge is 0.0719 e. The first-order chi connectivity index (χ1) is 9.08. The summed E-state index contributed by atoms with van der Waals surface area (Å²) in [6.07, 6.45) is 3.51. The number of hydrogen-bond acceptors (Lipinski definition) is 3. The van der Waals surface area contributed by atoms with E-state index in [0.29, 0.717) is 5.69 Å². The van der Waals surface area contributed by atoms with Gasteiger partial charge in [-0.15, -0.1) is 0 Å². The lowest BCUT2D eigenvalue weighted by atomic mass is 10.1. The third-order valence-electron chi connectivity index (χ3n) is 3.35. The number of anilines is 1. The van der Waals surface area contributed by atoms with Crippen molar-refractivity contribution < 1.29 is 0 Å². The molecule has 1 atom stereocenters. The van der Waals surface area contributed by atoms with Crippen LogP contribution < -0.4 is 5.73 Å². The first-order valence-electron chi connectivity index (χ1n) is 6.30. The molecule has 0 aliphatic heterocycles. The van der Waals surface area contributed by atoms with E-state index < -0.39 is 0 Å². The molecule has 0 saturated carbocycles. The van der Waals surface area contributed by atoms with E-state index in [-0.39, 0.29) is 6.04 Å². The maximum atomic E-state index is 6.22. The Morgan fingerprint density at radius 1 is 1.42 bits per heavy atom. The van der Waals surface area contributed by atoms with Gasteiger partial charge in [0.1, 0.15) is 0 Å². The van der Waals surface area contributed by atoms with Crippen molar-refractivity contribution in [3.63, 3.8) is 0 Å². The second-order valence-electron chi connectivity index (χ2n) is 4.71. The molecule has 2 rings (SSSR count). The first kappa shape index (κ1) is 13.9. The third kappa shape index (κ3) is 3.49. The Morgan fingerprint density at radius 2 is 2.16 bits per heavy atom. The number of benzene rings is 1. The van der Waals surface area contributed by atoms with E-state index in [0.717, 1.165) is 23.7 Å². The van der Waals surface area contributed by atoms with Gasteiger partial charge in [0.05, 0.1) is 18.4 Å². The van der Waals surface area contributed by atoms with Crippen molar-refractivity contribution in [3.05, 3.63) is 47.2 Å². The molecule has 102 valence electrons. The summed E-state index contributed by atoms with van der Waals surface area (Å²) in [5.41, 5.74) is 7.48. The SMILES string of the molecule is CC(c1ccccc1Cl)N(C)CCn1cc(N)cn1. The number of likely N-dealkylation sites (N-methyl/N-ethyl adjacent to an activating group) is 1. The lowest BCUT2D eigenvalue weighted by molar-refractivity contribution is 0.247. The van der Waals surface area contributed by atoms with Gasteiger partial charge in [-0.25, -0.2) is 0 Å². The number of nitrogen functional groups attached to an aromatic ring is 1. The molecule has 1 aromatic carbocycles. The van der Waals surface area contributed by atoms with Gasteiger partial charge in [-0.1, -0.05) is 29.8 Å². The van der Waals surface area contributed by atoms with E-state index in [1.807, 2.05) is 29.1 Å². The molecule has 0 saturated heterocycles. The molecule has 19 heavy (non-hydrogen) atoms. The number of nitrogens with two attached hydrogens (primary N) is 1. The molecule has 1 heterocycles. The molecule has 2 aromatic rings. The number of rotatable bonds is 5. The zero-order valence-corrected chi connectivity index (χ0v) is 12.0. The largest absolute Gasteiger partial charge is 0.396 e. The first-order valence-corrected chi connectivity index (χ1v) is 6.68. The minimum atomic E-state index is 0.265. The van der Waals surface area contributed by atoms with E-state index >= 15 is 0 Å². The summed E-state index contributed by atoms with van der Waals surface area (Å²) >= 11 is 6.22. The van der Waals surface area contributed by atoms with Crippen LogP contribution in [0.25, 0.3) is 0 Å². The van der Waals surface area contributed by atoms with Crippen molar-refractivity contribution >= 4 is 17.3 Å². The van der Waals surface area contributed by atoms with Crippen LogP contribution in [-0.2, 0) is 6.54 Å². The average molecular weight is 279 g/mol. The molecule has 0 bridgehead atoms. The van der Waals surface area contributed by atoms with Gasteiger partial charge in [-0.3, -0.25) is 9.58 Å². The maximum absolute atomic E-state index is 6.22. The Labute approximate surface area is 118 Å². The van der Waals surface area contributed by atoms with Crippen LogP contribution in [-0.4, -0.2) is 28.3 Å². The van der Waals surface area contributed by atoms with Crippen molar-refractivity contribution in [2.45, 2.75) is 19.5 Å². The van der Waals surface area contributed by atoms with Gasteiger partial charge >= 0.3 is 0 Å². The minimum Gasteiger partial charge on any atom is -0.396 e. The van der Waals surface area contributed by atoms with Crippen LogP contribution >= 0.6 is 11.6 Å². The number of halogens is 1. The van der Waals surface area contributed by atoms with Crippen LogP contribution in [0, 0.1) is 0 Å². The lowest BCUT2D eigenvalue weighted by Gasteiger charge is -2.25. The van der Waals surface area contributed by atoms with Gasteiger partial charge in [0.15, 0.2) is 0 Å². The summed E-state index contributed by atoms with van der Waals surface area (Å²) in [5, 5.41) is 4.99. The Bertz CT molecular complexity index is 538. The van der Waals surface area contributed by atoms with Crippen molar-refractivity contribution in [2.24, 2.45) is 0 Å². The molecule has 4 nitrogen and oxygen atoms in total. The highest BCUT2D eigenvalue weighted by Gasteiger charge is 2.14. The molecular weight excluding hydrogens is 260 g/mol. The van der Waals surface area contributed by atoms with E-state index in [1.165, 1.54) is 0 Å². The maximum Gasteiger partial charge on any atom is 0.0719 e. The van der Waals surface area contributed by atoms with Crippen LogP contribution in [0.2, 0.25) is 5.02 Å². The molecule has 1 unspecified atom stereocenters. The third-order valence-corrected chi connectivity index (χ3v) is 3.70. The molecule has 0 spiro atoms. The van der Waals surface area contributed by atoms with Crippen molar-refractivity contribution in [1.82, 2.24) is 14.7 Å². The summed E-state index contributed by atoms with van der Waals surface area (Å²) in [6.45, 7) is 3.84. The minimum absolute atomic E-state index is 0.265. The second kappa shape index (κ2) is 6.08.